The largest absolute Gasteiger partial charge is 0.478 e. The van der Waals surface area contributed by atoms with Crippen LogP contribution in [0, 0.1) is 0 Å². The average molecular weight is 256 g/mol. The van der Waals surface area contributed by atoms with Crippen LogP contribution in [0.2, 0.25) is 5.15 Å². The minimum absolute atomic E-state index is 0.0139. The van der Waals surface area contributed by atoms with E-state index in [1.165, 1.54) is 25.3 Å². The molecular weight excluding hydrogens is 242 g/mol. The smallest absolute Gasteiger partial charge is 0.339 e. The molecule has 1 aliphatic carbocycles. The van der Waals surface area contributed by atoms with Crippen LogP contribution in [0.25, 0.3) is 0 Å². The molecule has 0 aliphatic heterocycles. The summed E-state index contributed by atoms with van der Waals surface area (Å²) in [5.74, 6) is -0.602. The quantitative estimate of drug-likeness (QED) is 0.868. The number of rotatable bonds is 3. The van der Waals surface area contributed by atoms with Gasteiger partial charge in [0.2, 0.25) is 0 Å². The topological polar surface area (TPSA) is 75.1 Å². The molecule has 1 fully saturated rings. The predicted molar refractivity (Wildman–Crippen MR) is 64.5 cm³/mol. The van der Waals surface area contributed by atoms with Gasteiger partial charge in [-0.25, -0.2) is 4.79 Å². The van der Waals surface area contributed by atoms with Crippen molar-refractivity contribution in [1.82, 2.24) is 10.2 Å². The van der Waals surface area contributed by atoms with Gasteiger partial charge in [0.15, 0.2) is 5.15 Å². The number of carboxylic acid groups (broad SMARTS) is 1. The monoisotopic (exact) mass is 255 g/mol. The van der Waals surface area contributed by atoms with Crippen molar-refractivity contribution in [3.05, 3.63) is 16.8 Å². The molecule has 0 radical (unpaired) electrons. The highest BCUT2D eigenvalue weighted by Crippen LogP contribution is 2.22. The molecule has 1 heterocycles. The van der Waals surface area contributed by atoms with Crippen LogP contribution in [-0.4, -0.2) is 27.3 Å². The van der Waals surface area contributed by atoms with Crippen molar-refractivity contribution < 1.29 is 9.90 Å². The summed E-state index contributed by atoms with van der Waals surface area (Å²) in [6.07, 6.45) is 5.85. The third kappa shape index (κ3) is 3.06. The van der Waals surface area contributed by atoms with Crippen LogP contribution in [-0.2, 0) is 0 Å². The number of hydrogen-bond acceptors (Lipinski definition) is 4. The van der Waals surface area contributed by atoms with Crippen LogP contribution in [0.15, 0.2) is 6.07 Å². The zero-order chi connectivity index (χ0) is 12.3. The van der Waals surface area contributed by atoms with E-state index in [0.29, 0.717) is 11.9 Å². The third-order valence-corrected chi connectivity index (χ3v) is 3.22. The second kappa shape index (κ2) is 5.31. The second-order valence-corrected chi connectivity index (χ2v) is 4.58. The first kappa shape index (κ1) is 12.1. The summed E-state index contributed by atoms with van der Waals surface area (Å²) in [4.78, 5) is 10.9. The van der Waals surface area contributed by atoms with Crippen LogP contribution in [0.4, 0.5) is 5.82 Å². The van der Waals surface area contributed by atoms with Crippen molar-refractivity contribution in [2.75, 3.05) is 5.32 Å². The number of anilines is 1. The van der Waals surface area contributed by atoms with Crippen LogP contribution < -0.4 is 5.32 Å². The Morgan fingerprint density at radius 2 is 2.06 bits per heavy atom. The van der Waals surface area contributed by atoms with E-state index in [0.717, 1.165) is 12.8 Å². The van der Waals surface area contributed by atoms with Gasteiger partial charge in [-0.05, 0) is 12.8 Å². The minimum atomic E-state index is -1.09. The zero-order valence-electron chi connectivity index (χ0n) is 9.32. The molecule has 1 saturated carbocycles. The normalized spacial score (nSPS) is 16.8. The molecule has 0 spiro atoms. The summed E-state index contributed by atoms with van der Waals surface area (Å²) in [5.41, 5.74) is -0.0139. The van der Waals surface area contributed by atoms with Crippen LogP contribution in [0.1, 0.15) is 42.5 Å². The Bertz CT molecular complexity index is 419. The maximum atomic E-state index is 10.9. The molecule has 0 bridgehead atoms. The van der Waals surface area contributed by atoms with E-state index in [4.69, 9.17) is 16.7 Å². The number of aromatic carboxylic acids is 1. The Hall–Kier alpha value is -1.36. The molecule has 2 rings (SSSR count). The Morgan fingerprint density at radius 1 is 1.35 bits per heavy atom. The van der Waals surface area contributed by atoms with Crippen LogP contribution >= 0.6 is 11.6 Å². The average Bonchev–Trinajstić information content (AvgIpc) is 2.32. The van der Waals surface area contributed by atoms with Crippen molar-refractivity contribution in [2.24, 2.45) is 0 Å². The molecule has 1 aromatic heterocycles. The Kier molecular flexibility index (Phi) is 3.78. The molecule has 92 valence electrons. The standard InChI is InChI=1S/C11H14ClN3O2/c12-10-8(11(16)17)6-9(14-15-10)13-7-4-2-1-3-5-7/h6-7H,1-5H2,(H,13,14)(H,16,17). The molecule has 0 aromatic carbocycles. The Labute approximate surface area is 104 Å². The second-order valence-electron chi connectivity index (χ2n) is 4.22. The Balaban J connectivity index is 2.10. The molecule has 17 heavy (non-hydrogen) atoms. The molecule has 1 aliphatic rings. The van der Waals surface area contributed by atoms with E-state index in [-0.39, 0.29) is 10.7 Å². The summed E-state index contributed by atoms with van der Waals surface area (Å²) < 4.78 is 0. The highest BCUT2D eigenvalue weighted by molar-refractivity contribution is 6.32. The van der Waals surface area contributed by atoms with Gasteiger partial charge in [0, 0.05) is 12.1 Å². The number of aromatic nitrogens is 2. The van der Waals surface area contributed by atoms with Crippen molar-refractivity contribution in [1.29, 1.82) is 0 Å². The summed E-state index contributed by atoms with van der Waals surface area (Å²) in [6.45, 7) is 0. The van der Waals surface area contributed by atoms with E-state index in [2.05, 4.69) is 15.5 Å². The number of nitrogens with one attached hydrogen (secondary N) is 1. The maximum Gasteiger partial charge on any atom is 0.339 e. The molecule has 5 nitrogen and oxygen atoms in total. The van der Waals surface area contributed by atoms with Crippen LogP contribution in [0.5, 0.6) is 0 Å². The van der Waals surface area contributed by atoms with E-state index >= 15 is 0 Å². The molecule has 0 amide bonds. The SMILES string of the molecule is O=C(O)c1cc(NC2CCCCC2)nnc1Cl. The number of halogens is 1. The Morgan fingerprint density at radius 3 is 2.71 bits per heavy atom. The first-order valence-corrected chi connectivity index (χ1v) is 6.07. The zero-order valence-corrected chi connectivity index (χ0v) is 10.1. The summed E-state index contributed by atoms with van der Waals surface area (Å²) in [7, 11) is 0. The molecule has 0 unspecified atom stereocenters. The first-order valence-electron chi connectivity index (χ1n) is 5.70. The van der Waals surface area contributed by atoms with Gasteiger partial charge in [-0.2, -0.15) is 0 Å². The molecule has 6 heteroatoms. The van der Waals surface area contributed by atoms with E-state index in [1.807, 2.05) is 0 Å². The van der Waals surface area contributed by atoms with Crippen molar-refractivity contribution in [2.45, 2.75) is 38.1 Å². The molecule has 0 saturated heterocycles. The predicted octanol–water partition coefficient (Wildman–Crippen LogP) is 2.57. The molecule has 2 N–H and O–H groups in total. The fourth-order valence-corrected chi connectivity index (χ4v) is 2.23. The van der Waals surface area contributed by atoms with Crippen molar-refractivity contribution in [3.63, 3.8) is 0 Å². The number of hydrogen-bond donors (Lipinski definition) is 2. The van der Waals surface area contributed by atoms with Gasteiger partial charge < -0.3 is 10.4 Å². The fraction of sp³-hybridized carbons (Fsp3) is 0.545. The lowest BCUT2D eigenvalue weighted by Gasteiger charge is -2.23. The van der Waals surface area contributed by atoms with Gasteiger partial charge >= 0.3 is 5.97 Å². The van der Waals surface area contributed by atoms with E-state index in [1.54, 1.807) is 0 Å². The summed E-state index contributed by atoms with van der Waals surface area (Å²) in [6, 6.07) is 1.80. The fourth-order valence-electron chi connectivity index (χ4n) is 2.05. The lowest BCUT2D eigenvalue weighted by atomic mass is 9.95. The van der Waals surface area contributed by atoms with E-state index in [9.17, 15) is 4.79 Å². The maximum absolute atomic E-state index is 10.9. The highest BCUT2D eigenvalue weighted by Gasteiger charge is 2.16. The molecular formula is C11H14ClN3O2. The van der Waals surface area contributed by atoms with E-state index < -0.39 is 5.97 Å². The van der Waals surface area contributed by atoms with Gasteiger partial charge in [0.25, 0.3) is 0 Å². The number of nitrogens with zero attached hydrogens (tertiary/aromatic N) is 2. The number of carboxylic acids is 1. The van der Waals surface area contributed by atoms with Gasteiger partial charge in [-0.15, -0.1) is 10.2 Å². The van der Waals surface area contributed by atoms with Crippen molar-refractivity contribution in [3.8, 4) is 0 Å². The lowest BCUT2D eigenvalue weighted by Crippen LogP contribution is -2.23. The molecule has 0 atom stereocenters. The lowest BCUT2D eigenvalue weighted by molar-refractivity contribution is 0.0696. The third-order valence-electron chi connectivity index (χ3n) is 2.94. The van der Waals surface area contributed by atoms with Crippen LogP contribution in [0.3, 0.4) is 0 Å². The minimum Gasteiger partial charge on any atom is -0.478 e. The first-order chi connectivity index (χ1) is 8.16. The van der Waals surface area contributed by atoms with Gasteiger partial charge in [0.1, 0.15) is 11.4 Å². The van der Waals surface area contributed by atoms with Gasteiger partial charge in [-0.3, -0.25) is 0 Å². The molecule has 1 aromatic rings. The summed E-state index contributed by atoms with van der Waals surface area (Å²) >= 11 is 5.65. The number of carbonyl (C=O) groups is 1. The van der Waals surface area contributed by atoms with Crippen molar-refractivity contribution >= 4 is 23.4 Å². The van der Waals surface area contributed by atoms with Gasteiger partial charge in [0.05, 0.1) is 0 Å². The summed E-state index contributed by atoms with van der Waals surface area (Å²) in [5, 5.41) is 19.5. The van der Waals surface area contributed by atoms with Gasteiger partial charge in [-0.1, -0.05) is 30.9 Å². The highest BCUT2D eigenvalue weighted by atomic mass is 35.5.